The molecule has 0 saturated heterocycles. The number of aryl methyl sites for hydroxylation is 1. The van der Waals surface area contributed by atoms with Crippen LogP contribution in [-0.2, 0) is 0 Å². The van der Waals surface area contributed by atoms with E-state index in [1.807, 2.05) is 18.2 Å². The van der Waals surface area contributed by atoms with E-state index in [2.05, 4.69) is 20.5 Å². The molecule has 1 aromatic carbocycles. The van der Waals surface area contributed by atoms with Gasteiger partial charge in [-0.25, -0.2) is 4.98 Å². The largest absolute Gasteiger partial charge is 0.340 e. The van der Waals surface area contributed by atoms with Crippen LogP contribution in [0, 0.1) is 17.0 Å². The molecule has 7 nitrogen and oxygen atoms in total. The number of benzene rings is 1. The average molecular weight is 269 g/mol. The van der Waals surface area contributed by atoms with Crippen molar-refractivity contribution in [2.45, 2.75) is 6.92 Å². The van der Waals surface area contributed by atoms with Gasteiger partial charge in [-0.05, 0) is 30.7 Å². The van der Waals surface area contributed by atoms with Gasteiger partial charge in [-0.2, -0.15) is 5.10 Å². The van der Waals surface area contributed by atoms with Gasteiger partial charge >= 0.3 is 0 Å². The van der Waals surface area contributed by atoms with Gasteiger partial charge in [0.15, 0.2) is 0 Å². The van der Waals surface area contributed by atoms with E-state index in [1.54, 1.807) is 13.1 Å². The molecule has 0 bridgehead atoms. The molecule has 0 amide bonds. The van der Waals surface area contributed by atoms with Gasteiger partial charge in [-0.3, -0.25) is 15.2 Å². The number of hydrogen-bond donors (Lipinski definition) is 2. The molecule has 0 aliphatic rings. The SMILES string of the molecule is Cc1cc([N+](=O)[O-])cnc1Nc1ccc2[nH]ncc2c1. The molecule has 2 heterocycles. The fraction of sp³-hybridized carbons (Fsp3) is 0.0769. The second-order valence-electron chi connectivity index (χ2n) is 4.41. The molecule has 7 heteroatoms. The van der Waals surface area contributed by atoms with Crippen LogP contribution in [0.5, 0.6) is 0 Å². The molecule has 2 aromatic heterocycles. The fourth-order valence-corrected chi connectivity index (χ4v) is 1.95. The minimum atomic E-state index is -0.457. The molecule has 0 spiro atoms. The number of nitrogens with one attached hydrogen (secondary N) is 2. The number of aromatic nitrogens is 3. The molecule has 100 valence electrons. The summed E-state index contributed by atoms with van der Waals surface area (Å²) in [5, 5.41) is 21.6. The van der Waals surface area contributed by atoms with Crippen molar-refractivity contribution in [3.8, 4) is 0 Å². The van der Waals surface area contributed by atoms with Crippen LogP contribution in [0.2, 0.25) is 0 Å². The van der Waals surface area contributed by atoms with Crippen LogP contribution in [0.25, 0.3) is 10.9 Å². The number of aromatic amines is 1. The average Bonchev–Trinajstić information content (AvgIpc) is 2.88. The van der Waals surface area contributed by atoms with E-state index in [9.17, 15) is 10.1 Å². The van der Waals surface area contributed by atoms with E-state index < -0.39 is 4.92 Å². The highest BCUT2D eigenvalue weighted by molar-refractivity contribution is 5.82. The number of H-pyrrole nitrogens is 1. The van der Waals surface area contributed by atoms with Crippen LogP contribution in [-0.4, -0.2) is 20.1 Å². The summed E-state index contributed by atoms with van der Waals surface area (Å²) in [6, 6.07) is 7.22. The summed E-state index contributed by atoms with van der Waals surface area (Å²) in [6.45, 7) is 1.78. The van der Waals surface area contributed by atoms with Crippen molar-refractivity contribution in [3.05, 3.63) is 52.3 Å². The third-order valence-electron chi connectivity index (χ3n) is 2.98. The van der Waals surface area contributed by atoms with Gasteiger partial charge in [0.25, 0.3) is 5.69 Å². The van der Waals surface area contributed by atoms with Crippen molar-refractivity contribution in [1.82, 2.24) is 15.2 Å². The zero-order chi connectivity index (χ0) is 14.1. The van der Waals surface area contributed by atoms with Crippen LogP contribution < -0.4 is 5.32 Å². The first-order valence-corrected chi connectivity index (χ1v) is 5.95. The normalized spacial score (nSPS) is 10.7. The number of anilines is 2. The molecular formula is C13H11N5O2. The first-order valence-electron chi connectivity index (χ1n) is 5.95. The Balaban J connectivity index is 1.92. The van der Waals surface area contributed by atoms with Gasteiger partial charge in [0.2, 0.25) is 0 Å². The number of pyridine rings is 1. The minimum absolute atomic E-state index is 0.0154. The molecule has 2 N–H and O–H groups in total. The van der Waals surface area contributed by atoms with Gasteiger partial charge in [-0.1, -0.05) is 0 Å². The van der Waals surface area contributed by atoms with Crippen LogP contribution in [0.3, 0.4) is 0 Å². The predicted molar refractivity (Wildman–Crippen MR) is 75.0 cm³/mol. The zero-order valence-electron chi connectivity index (χ0n) is 10.6. The summed E-state index contributed by atoms with van der Waals surface area (Å²) < 4.78 is 0. The number of rotatable bonds is 3. The molecule has 0 aliphatic carbocycles. The molecule has 0 unspecified atom stereocenters. The Morgan fingerprint density at radius 2 is 2.15 bits per heavy atom. The molecule has 0 radical (unpaired) electrons. The second-order valence-corrected chi connectivity index (χ2v) is 4.41. The van der Waals surface area contributed by atoms with E-state index in [1.165, 1.54) is 12.3 Å². The maximum atomic E-state index is 10.7. The van der Waals surface area contributed by atoms with Gasteiger partial charge in [0, 0.05) is 17.1 Å². The minimum Gasteiger partial charge on any atom is -0.340 e. The van der Waals surface area contributed by atoms with Crippen LogP contribution in [0.15, 0.2) is 36.7 Å². The highest BCUT2D eigenvalue weighted by Gasteiger charge is 2.09. The van der Waals surface area contributed by atoms with Crippen molar-refractivity contribution in [3.63, 3.8) is 0 Å². The smallest absolute Gasteiger partial charge is 0.287 e. The molecule has 20 heavy (non-hydrogen) atoms. The Hall–Kier alpha value is -2.96. The van der Waals surface area contributed by atoms with Crippen LogP contribution >= 0.6 is 0 Å². The van der Waals surface area contributed by atoms with Gasteiger partial charge in [0.1, 0.15) is 12.0 Å². The van der Waals surface area contributed by atoms with E-state index in [-0.39, 0.29) is 5.69 Å². The first-order chi connectivity index (χ1) is 9.63. The van der Waals surface area contributed by atoms with Crippen molar-refractivity contribution in [2.24, 2.45) is 0 Å². The number of fused-ring (bicyclic) bond motifs is 1. The number of hydrogen-bond acceptors (Lipinski definition) is 5. The number of nitro groups is 1. The molecular weight excluding hydrogens is 258 g/mol. The highest BCUT2D eigenvalue weighted by atomic mass is 16.6. The summed E-state index contributed by atoms with van der Waals surface area (Å²) in [7, 11) is 0. The molecule has 0 fully saturated rings. The third-order valence-corrected chi connectivity index (χ3v) is 2.98. The van der Waals surface area contributed by atoms with Gasteiger partial charge in [0.05, 0.1) is 16.6 Å². The Morgan fingerprint density at radius 3 is 2.90 bits per heavy atom. The monoisotopic (exact) mass is 269 g/mol. The summed E-state index contributed by atoms with van der Waals surface area (Å²) in [6.07, 6.45) is 2.97. The van der Waals surface area contributed by atoms with Crippen molar-refractivity contribution < 1.29 is 4.92 Å². The van der Waals surface area contributed by atoms with E-state index in [0.717, 1.165) is 16.6 Å². The first kappa shape index (κ1) is 12.1. The summed E-state index contributed by atoms with van der Waals surface area (Å²) >= 11 is 0. The maximum Gasteiger partial charge on any atom is 0.287 e. The summed E-state index contributed by atoms with van der Waals surface area (Å²) in [4.78, 5) is 14.3. The Bertz CT molecular complexity index is 796. The predicted octanol–water partition coefficient (Wildman–Crippen LogP) is 2.92. The fourth-order valence-electron chi connectivity index (χ4n) is 1.95. The molecule has 0 aliphatic heterocycles. The lowest BCUT2D eigenvalue weighted by atomic mass is 10.2. The lowest BCUT2D eigenvalue weighted by molar-refractivity contribution is -0.385. The van der Waals surface area contributed by atoms with Gasteiger partial charge in [-0.15, -0.1) is 0 Å². The van der Waals surface area contributed by atoms with E-state index in [0.29, 0.717) is 11.4 Å². The quantitative estimate of drug-likeness (QED) is 0.562. The Morgan fingerprint density at radius 1 is 1.30 bits per heavy atom. The van der Waals surface area contributed by atoms with E-state index in [4.69, 9.17) is 0 Å². The molecule has 3 aromatic rings. The summed E-state index contributed by atoms with van der Waals surface area (Å²) in [5.74, 6) is 0.596. The zero-order valence-corrected chi connectivity index (χ0v) is 10.6. The van der Waals surface area contributed by atoms with Crippen molar-refractivity contribution >= 4 is 28.1 Å². The standard InChI is InChI=1S/C13H11N5O2/c1-8-4-11(18(19)20)7-14-13(8)16-10-2-3-12-9(5-10)6-15-17-12/h2-7H,1H3,(H,14,16)(H,15,17). The van der Waals surface area contributed by atoms with Crippen LogP contribution in [0.1, 0.15) is 5.56 Å². The second kappa shape index (κ2) is 4.61. The summed E-state index contributed by atoms with van der Waals surface area (Å²) in [5.41, 5.74) is 2.50. The van der Waals surface area contributed by atoms with Gasteiger partial charge < -0.3 is 5.32 Å². The Labute approximate surface area is 113 Å². The molecule has 3 rings (SSSR count). The highest BCUT2D eigenvalue weighted by Crippen LogP contribution is 2.23. The number of nitrogens with zero attached hydrogens (tertiary/aromatic N) is 3. The molecule has 0 atom stereocenters. The lowest BCUT2D eigenvalue weighted by Gasteiger charge is -2.08. The molecule has 0 saturated carbocycles. The van der Waals surface area contributed by atoms with Crippen molar-refractivity contribution in [1.29, 1.82) is 0 Å². The van der Waals surface area contributed by atoms with E-state index >= 15 is 0 Å². The van der Waals surface area contributed by atoms with Crippen LogP contribution in [0.4, 0.5) is 17.2 Å². The third kappa shape index (κ3) is 2.16. The van der Waals surface area contributed by atoms with Crippen molar-refractivity contribution in [2.75, 3.05) is 5.32 Å². The lowest BCUT2D eigenvalue weighted by Crippen LogP contribution is -1.98. The maximum absolute atomic E-state index is 10.7. The topological polar surface area (TPSA) is 96.7 Å². The Kier molecular flexibility index (Phi) is 2.79.